The van der Waals surface area contributed by atoms with Gasteiger partial charge in [-0.05, 0) is 30.9 Å². The van der Waals surface area contributed by atoms with Crippen molar-refractivity contribution in [2.75, 3.05) is 6.54 Å². The molecule has 32 heavy (non-hydrogen) atoms. The molecule has 0 unspecified atom stereocenters. The molecule has 2 rings (SSSR count). The van der Waals surface area contributed by atoms with Crippen LogP contribution in [0.3, 0.4) is 0 Å². The molecule has 0 spiro atoms. The van der Waals surface area contributed by atoms with Gasteiger partial charge in [0.25, 0.3) is 0 Å². The quantitative estimate of drug-likeness (QED) is 0.360. The molecule has 6 N–H and O–H groups in total. The zero-order valence-electron chi connectivity index (χ0n) is 17.8. The number of ether oxygens (including phenoxy) is 1. The summed E-state index contributed by atoms with van der Waals surface area (Å²) in [4.78, 5) is 35.8. The van der Waals surface area contributed by atoms with E-state index in [2.05, 4.69) is 10.6 Å². The van der Waals surface area contributed by atoms with Crippen molar-refractivity contribution in [1.29, 1.82) is 0 Å². The molecule has 172 valence electrons. The molecule has 0 radical (unpaired) electrons. The fourth-order valence-electron chi connectivity index (χ4n) is 2.97. The van der Waals surface area contributed by atoms with Gasteiger partial charge in [0.1, 0.15) is 12.6 Å². The molecule has 8 nitrogen and oxygen atoms in total. The lowest BCUT2D eigenvalue weighted by Gasteiger charge is -2.18. The fourth-order valence-corrected chi connectivity index (χ4v) is 3.16. The van der Waals surface area contributed by atoms with E-state index in [1.165, 1.54) is 0 Å². The molecule has 9 heteroatoms. The zero-order valence-corrected chi connectivity index (χ0v) is 18.5. The van der Waals surface area contributed by atoms with Gasteiger partial charge in [0.15, 0.2) is 0 Å². The highest BCUT2D eigenvalue weighted by molar-refractivity contribution is 6.31. The largest absolute Gasteiger partial charge is 0.445 e. The lowest BCUT2D eigenvalue weighted by molar-refractivity contribution is -0.128. The Hall–Kier alpha value is -3.10. The highest BCUT2D eigenvalue weighted by Crippen LogP contribution is 2.15. The van der Waals surface area contributed by atoms with Crippen molar-refractivity contribution in [3.8, 4) is 0 Å². The molecule has 0 aromatic heterocycles. The second-order valence-corrected chi connectivity index (χ2v) is 7.76. The maximum Gasteiger partial charge on any atom is 0.407 e. The van der Waals surface area contributed by atoms with E-state index in [0.717, 1.165) is 11.1 Å². The number of halogens is 1. The summed E-state index contributed by atoms with van der Waals surface area (Å²) in [6.07, 6.45) is 1.38. The molecule has 0 aliphatic carbocycles. The molecular weight excluding hydrogens is 432 g/mol. The Morgan fingerprint density at radius 2 is 1.69 bits per heavy atom. The lowest BCUT2D eigenvalue weighted by atomic mass is 10.0. The summed E-state index contributed by atoms with van der Waals surface area (Å²) >= 11 is 6.02. The van der Waals surface area contributed by atoms with Crippen molar-refractivity contribution >= 4 is 29.5 Å². The van der Waals surface area contributed by atoms with Gasteiger partial charge in [0.05, 0.1) is 6.04 Å². The van der Waals surface area contributed by atoms with Crippen LogP contribution in [-0.2, 0) is 27.4 Å². The maximum atomic E-state index is 12.3. The number of nitrogens with two attached hydrogens (primary N) is 2. The van der Waals surface area contributed by atoms with E-state index >= 15 is 0 Å². The molecule has 0 heterocycles. The Labute approximate surface area is 192 Å². The molecule has 0 bridgehead atoms. The first-order chi connectivity index (χ1) is 15.4. The maximum absolute atomic E-state index is 12.3. The molecular formula is C23H29ClN4O4. The van der Waals surface area contributed by atoms with Gasteiger partial charge in [0.2, 0.25) is 11.8 Å². The lowest BCUT2D eigenvalue weighted by Crippen LogP contribution is -2.51. The predicted molar refractivity (Wildman–Crippen MR) is 123 cm³/mol. The zero-order chi connectivity index (χ0) is 23.3. The van der Waals surface area contributed by atoms with Crippen LogP contribution in [0.5, 0.6) is 0 Å². The number of hydrogen-bond acceptors (Lipinski definition) is 5. The average molecular weight is 461 g/mol. The summed E-state index contributed by atoms with van der Waals surface area (Å²) in [5, 5.41) is 5.80. The molecule has 0 saturated heterocycles. The van der Waals surface area contributed by atoms with E-state index in [9.17, 15) is 14.4 Å². The van der Waals surface area contributed by atoms with Gasteiger partial charge in [-0.3, -0.25) is 9.59 Å². The van der Waals surface area contributed by atoms with Crippen molar-refractivity contribution in [3.63, 3.8) is 0 Å². The molecule has 2 aromatic carbocycles. The van der Waals surface area contributed by atoms with Crippen molar-refractivity contribution in [1.82, 2.24) is 10.6 Å². The Morgan fingerprint density at radius 3 is 2.38 bits per heavy atom. The van der Waals surface area contributed by atoms with Crippen LogP contribution in [0.4, 0.5) is 4.79 Å². The number of carbonyl (C=O) groups excluding carboxylic acids is 3. The number of carbonyl (C=O) groups is 3. The van der Waals surface area contributed by atoms with E-state index in [1.807, 2.05) is 36.4 Å². The van der Waals surface area contributed by atoms with Gasteiger partial charge < -0.3 is 26.8 Å². The fraction of sp³-hybridized carbons (Fsp3) is 0.348. The third-order valence-electron chi connectivity index (χ3n) is 4.81. The molecule has 3 amide bonds. The first-order valence-corrected chi connectivity index (χ1v) is 10.8. The Morgan fingerprint density at radius 1 is 1.00 bits per heavy atom. The van der Waals surface area contributed by atoms with Gasteiger partial charge in [0, 0.05) is 23.6 Å². The summed E-state index contributed by atoms with van der Waals surface area (Å²) < 4.78 is 5.12. The van der Waals surface area contributed by atoms with Crippen molar-refractivity contribution in [3.05, 3.63) is 70.7 Å². The highest BCUT2D eigenvalue weighted by atomic mass is 35.5. The topological polar surface area (TPSA) is 137 Å². The van der Waals surface area contributed by atoms with Crippen molar-refractivity contribution < 1.29 is 19.1 Å². The van der Waals surface area contributed by atoms with Crippen molar-refractivity contribution in [2.24, 2.45) is 11.5 Å². The molecule has 0 saturated carbocycles. The van der Waals surface area contributed by atoms with E-state index in [-0.39, 0.29) is 6.61 Å². The smallest absolute Gasteiger partial charge is 0.407 e. The first-order valence-electron chi connectivity index (χ1n) is 10.4. The monoisotopic (exact) mass is 460 g/mol. The summed E-state index contributed by atoms with van der Waals surface area (Å²) in [5.74, 6) is -1.05. The summed E-state index contributed by atoms with van der Waals surface area (Å²) in [7, 11) is 0. The van der Waals surface area contributed by atoms with Crippen LogP contribution >= 0.6 is 11.6 Å². The van der Waals surface area contributed by atoms with Gasteiger partial charge in [-0.1, -0.05) is 60.1 Å². The molecule has 0 aliphatic rings. The van der Waals surface area contributed by atoms with Crippen LogP contribution in [0.2, 0.25) is 5.02 Å². The molecule has 0 fully saturated rings. The summed E-state index contributed by atoms with van der Waals surface area (Å²) in [6, 6.07) is 14.8. The van der Waals surface area contributed by atoms with Crippen LogP contribution in [0.25, 0.3) is 0 Å². The number of rotatable bonds is 12. The van der Waals surface area contributed by atoms with Crippen LogP contribution < -0.4 is 22.1 Å². The molecule has 2 atom stereocenters. The molecule has 0 aliphatic heterocycles. The van der Waals surface area contributed by atoms with Crippen LogP contribution in [-0.4, -0.2) is 36.5 Å². The normalized spacial score (nSPS) is 12.4. The van der Waals surface area contributed by atoms with E-state index in [0.29, 0.717) is 37.3 Å². The number of unbranched alkanes of at least 4 members (excludes halogenated alkanes) is 1. The summed E-state index contributed by atoms with van der Waals surface area (Å²) in [5.41, 5.74) is 13.0. The van der Waals surface area contributed by atoms with E-state index in [1.54, 1.807) is 18.2 Å². The van der Waals surface area contributed by atoms with Gasteiger partial charge in [-0.2, -0.15) is 0 Å². The van der Waals surface area contributed by atoms with Crippen LogP contribution in [0.1, 0.15) is 30.4 Å². The van der Waals surface area contributed by atoms with Crippen LogP contribution in [0, 0.1) is 0 Å². The average Bonchev–Trinajstić information content (AvgIpc) is 2.78. The Kier molecular flexibility index (Phi) is 10.5. The van der Waals surface area contributed by atoms with E-state index in [4.69, 9.17) is 27.8 Å². The SMILES string of the molecule is NC(=O)[C@H](Cc1ccccc1)NC(=O)[C@@H](N)CCCCNC(=O)OCc1ccccc1Cl. The Bertz CT molecular complexity index is 895. The van der Waals surface area contributed by atoms with Gasteiger partial charge in [-0.15, -0.1) is 0 Å². The first kappa shape index (κ1) is 25.2. The second kappa shape index (κ2) is 13.3. The number of benzene rings is 2. The minimum absolute atomic E-state index is 0.0839. The van der Waals surface area contributed by atoms with Crippen LogP contribution in [0.15, 0.2) is 54.6 Å². The minimum Gasteiger partial charge on any atom is -0.445 e. The number of amides is 3. The predicted octanol–water partition coefficient (Wildman–Crippen LogP) is 2.28. The van der Waals surface area contributed by atoms with E-state index < -0.39 is 30.0 Å². The third kappa shape index (κ3) is 8.95. The number of nitrogens with one attached hydrogen (secondary N) is 2. The summed E-state index contributed by atoms with van der Waals surface area (Å²) in [6.45, 7) is 0.466. The molecule has 2 aromatic rings. The standard InChI is InChI=1S/C23H29ClN4O4/c24-18-11-5-4-10-17(18)15-32-23(31)27-13-7-6-12-19(25)22(30)28-20(21(26)29)14-16-8-2-1-3-9-16/h1-5,8-11,19-20H,6-7,12-15,25H2,(H2,26,29)(H,27,31)(H,28,30)/t19-,20-/m0/s1. The van der Waals surface area contributed by atoms with Crippen molar-refractivity contribution in [2.45, 2.75) is 44.4 Å². The van der Waals surface area contributed by atoms with Gasteiger partial charge >= 0.3 is 6.09 Å². The van der Waals surface area contributed by atoms with Gasteiger partial charge in [-0.25, -0.2) is 4.79 Å². The highest BCUT2D eigenvalue weighted by Gasteiger charge is 2.22. The Balaban J connectivity index is 1.63. The number of alkyl carbamates (subject to hydrolysis) is 1. The number of primary amides is 1. The minimum atomic E-state index is -0.828. The third-order valence-corrected chi connectivity index (χ3v) is 5.18. The number of hydrogen-bond donors (Lipinski definition) is 4. The second-order valence-electron chi connectivity index (χ2n) is 7.35.